The van der Waals surface area contributed by atoms with E-state index in [1.807, 2.05) is 37.3 Å². The van der Waals surface area contributed by atoms with Crippen LogP contribution in [0.1, 0.15) is 36.2 Å². The average molecular weight is 444 g/mol. The van der Waals surface area contributed by atoms with Gasteiger partial charge in [-0.15, -0.1) is 0 Å². The van der Waals surface area contributed by atoms with Gasteiger partial charge in [-0.05, 0) is 80.6 Å². The first-order chi connectivity index (χ1) is 16.1. The van der Waals surface area contributed by atoms with E-state index in [0.717, 1.165) is 56.0 Å². The molecule has 2 fully saturated rings. The molecule has 33 heavy (non-hydrogen) atoms. The Balaban J connectivity index is 1.07. The second-order valence-electron chi connectivity index (χ2n) is 9.16. The summed E-state index contributed by atoms with van der Waals surface area (Å²) >= 11 is 0. The molecule has 1 saturated heterocycles. The highest BCUT2D eigenvalue weighted by atomic mass is 16.5. The summed E-state index contributed by atoms with van der Waals surface area (Å²) < 4.78 is 5.67. The van der Waals surface area contributed by atoms with Gasteiger partial charge in [-0.25, -0.2) is 9.97 Å². The maximum atomic E-state index is 12.7. The van der Waals surface area contributed by atoms with Gasteiger partial charge >= 0.3 is 6.01 Å². The van der Waals surface area contributed by atoms with E-state index >= 15 is 0 Å². The van der Waals surface area contributed by atoms with Gasteiger partial charge in [-0.2, -0.15) is 0 Å². The number of carbonyl (C=O) groups excluding carboxylic acids is 1. The number of aryl methyl sites for hydroxylation is 1. The van der Waals surface area contributed by atoms with Crippen molar-refractivity contribution in [3.63, 3.8) is 0 Å². The first-order valence-corrected chi connectivity index (χ1v) is 11.6. The lowest BCUT2D eigenvalue weighted by Crippen LogP contribution is -2.36. The molecule has 1 N–H and O–H groups in total. The molecule has 2 aliphatic rings. The summed E-state index contributed by atoms with van der Waals surface area (Å²) in [6.45, 7) is 5.44. The minimum absolute atomic E-state index is 0.154. The molecule has 1 unspecified atom stereocenters. The zero-order valence-electron chi connectivity index (χ0n) is 18.9. The predicted octanol–water partition coefficient (Wildman–Crippen LogP) is 3.89. The highest BCUT2D eigenvalue weighted by Gasteiger charge is 2.58. The van der Waals surface area contributed by atoms with Crippen molar-refractivity contribution >= 4 is 5.91 Å². The van der Waals surface area contributed by atoms with Crippen LogP contribution in [0.4, 0.5) is 0 Å². The molecular weight excluding hydrogens is 414 g/mol. The topological polar surface area (TPSA) is 80.2 Å². The third-order valence-electron chi connectivity index (χ3n) is 6.83. The van der Waals surface area contributed by atoms with E-state index in [4.69, 9.17) is 4.74 Å². The van der Waals surface area contributed by atoms with Crippen LogP contribution in [0.25, 0.3) is 0 Å². The molecule has 0 radical (unpaired) electrons. The fraction of sp³-hybridized carbons (Fsp3) is 0.385. The van der Waals surface area contributed by atoms with Crippen LogP contribution >= 0.6 is 0 Å². The van der Waals surface area contributed by atoms with Gasteiger partial charge in [0.05, 0.1) is 12.2 Å². The maximum Gasteiger partial charge on any atom is 0.321 e. The number of benzene rings is 1. The molecule has 3 heterocycles. The van der Waals surface area contributed by atoms with Gasteiger partial charge < -0.3 is 10.1 Å². The second kappa shape index (κ2) is 9.27. The fourth-order valence-electron chi connectivity index (χ4n) is 4.79. The summed E-state index contributed by atoms with van der Waals surface area (Å²) in [5, 5.41) is 3.10. The Labute approximate surface area is 194 Å². The molecule has 7 nitrogen and oxygen atoms in total. The van der Waals surface area contributed by atoms with Gasteiger partial charge in [0, 0.05) is 30.6 Å². The predicted molar refractivity (Wildman–Crippen MR) is 124 cm³/mol. The van der Waals surface area contributed by atoms with Crippen LogP contribution in [0.3, 0.4) is 0 Å². The van der Waals surface area contributed by atoms with Crippen molar-refractivity contribution in [1.82, 2.24) is 25.2 Å². The maximum absolute atomic E-state index is 12.7. The van der Waals surface area contributed by atoms with E-state index in [2.05, 4.69) is 37.3 Å². The van der Waals surface area contributed by atoms with Gasteiger partial charge in [-0.1, -0.05) is 18.2 Å². The Hall–Kier alpha value is -3.32. The highest BCUT2D eigenvalue weighted by molar-refractivity contribution is 5.82. The Morgan fingerprint density at radius 1 is 1.09 bits per heavy atom. The van der Waals surface area contributed by atoms with Gasteiger partial charge in [0.2, 0.25) is 5.91 Å². The summed E-state index contributed by atoms with van der Waals surface area (Å²) in [4.78, 5) is 27.8. The number of ether oxygens (including phenoxy) is 1. The molecule has 1 aromatic carbocycles. The number of hydrogen-bond acceptors (Lipinski definition) is 6. The Bertz CT molecular complexity index is 1100. The molecular formula is C26H29N5O2. The Kier molecular flexibility index (Phi) is 6.05. The number of likely N-dealkylation sites (tertiary alicyclic amines) is 1. The average Bonchev–Trinajstić information content (AvgIpc) is 3.54. The van der Waals surface area contributed by atoms with Crippen LogP contribution in [-0.2, 0) is 17.9 Å². The summed E-state index contributed by atoms with van der Waals surface area (Å²) in [7, 11) is 0. The third kappa shape index (κ3) is 5.20. The number of hydrogen-bond donors (Lipinski definition) is 1. The molecule has 7 heteroatoms. The quantitative estimate of drug-likeness (QED) is 0.597. The minimum Gasteiger partial charge on any atom is -0.424 e. The molecule has 0 bridgehead atoms. The van der Waals surface area contributed by atoms with Crippen LogP contribution in [0.2, 0.25) is 0 Å². The first kappa shape index (κ1) is 21.5. The lowest BCUT2D eigenvalue weighted by molar-refractivity contribution is -0.123. The van der Waals surface area contributed by atoms with Crippen molar-refractivity contribution in [2.24, 2.45) is 11.3 Å². The number of aromatic nitrogens is 3. The molecule has 1 spiro atoms. The van der Waals surface area contributed by atoms with Crippen LogP contribution in [-0.4, -0.2) is 38.8 Å². The molecule has 3 aromatic rings. The molecule has 1 saturated carbocycles. The van der Waals surface area contributed by atoms with Gasteiger partial charge in [-0.3, -0.25) is 14.7 Å². The van der Waals surface area contributed by atoms with E-state index in [-0.39, 0.29) is 17.2 Å². The zero-order valence-corrected chi connectivity index (χ0v) is 18.9. The van der Waals surface area contributed by atoms with Crippen LogP contribution in [0.15, 0.2) is 60.9 Å². The van der Waals surface area contributed by atoms with E-state index < -0.39 is 0 Å². The van der Waals surface area contributed by atoms with Gasteiger partial charge in [0.15, 0.2) is 0 Å². The summed E-state index contributed by atoms with van der Waals surface area (Å²) in [6, 6.07) is 16.1. The van der Waals surface area contributed by atoms with Crippen LogP contribution in [0, 0.1) is 18.3 Å². The molecule has 1 aliphatic carbocycles. The third-order valence-corrected chi connectivity index (χ3v) is 6.83. The molecule has 2 aromatic heterocycles. The van der Waals surface area contributed by atoms with Gasteiger partial charge in [0.1, 0.15) is 5.75 Å². The lowest BCUT2D eigenvalue weighted by atomic mass is 9.90. The number of carbonyl (C=O) groups is 1. The van der Waals surface area contributed by atoms with Crippen LogP contribution < -0.4 is 10.1 Å². The van der Waals surface area contributed by atoms with E-state index in [0.29, 0.717) is 12.6 Å². The summed E-state index contributed by atoms with van der Waals surface area (Å²) in [5.74, 6) is 1.07. The number of piperidine rings is 1. The minimum atomic E-state index is 0.154. The largest absolute Gasteiger partial charge is 0.424 e. The lowest BCUT2D eigenvalue weighted by Gasteiger charge is -2.32. The van der Waals surface area contributed by atoms with Crippen molar-refractivity contribution in [2.45, 2.75) is 39.3 Å². The second-order valence-corrected chi connectivity index (χ2v) is 9.16. The zero-order chi connectivity index (χ0) is 22.7. The van der Waals surface area contributed by atoms with E-state index in [9.17, 15) is 4.79 Å². The van der Waals surface area contributed by atoms with Crippen LogP contribution in [0.5, 0.6) is 11.8 Å². The SMILES string of the molecule is Cc1cccc(CNC(=O)C2CC23CCN(Cc2ccc(Oc4ncccn4)cc2)CC3)n1. The Morgan fingerprint density at radius 2 is 1.85 bits per heavy atom. The molecule has 170 valence electrons. The van der Waals surface area contributed by atoms with E-state index in [1.165, 1.54) is 5.56 Å². The smallest absolute Gasteiger partial charge is 0.321 e. The number of nitrogens with zero attached hydrogens (tertiary/aromatic N) is 4. The van der Waals surface area contributed by atoms with Crippen molar-refractivity contribution in [3.05, 3.63) is 77.9 Å². The highest BCUT2D eigenvalue weighted by Crippen LogP contribution is 2.59. The van der Waals surface area contributed by atoms with E-state index in [1.54, 1.807) is 18.5 Å². The molecule has 1 amide bonds. The molecule has 1 atom stereocenters. The first-order valence-electron chi connectivity index (χ1n) is 11.6. The van der Waals surface area contributed by atoms with Crippen molar-refractivity contribution < 1.29 is 9.53 Å². The van der Waals surface area contributed by atoms with Crippen molar-refractivity contribution in [3.8, 4) is 11.8 Å². The standard InChI is InChI=1S/C26H29N5O2/c1-19-4-2-5-21(30-19)17-29-24(32)23-16-26(23)10-14-31(15-11-26)18-20-6-8-22(9-7-20)33-25-27-12-3-13-28-25/h2-9,12-13,23H,10-11,14-18H2,1H3,(H,29,32). The normalized spacial score (nSPS) is 19.2. The molecule has 5 rings (SSSR count). The van der Waals surface area contributed by atoms with Crippen molar-refractivity contribution in [1.29, 1.82) is 0 Å². The number of pyridine rings is 1. The number of rotatable bonds is 7. The fourth-order valence-corrected chi connectivity index (χ4v) is 4.79. The number of nitrogens with one attached hydrogen (secondary N) is 1. The summed E-state index contributed by atoms with van der Waals surface area (Å²) in [6.07, 6.45) is 6.51. The van der Waals surface area contributed by atoms with Gasteiger partial charge in [0.25, 0.3) is 0 Å². The Morgan fingerprint density at radius 3 is 2.58 bits per heavy atom. The monoisotopic (exact) mass is 443 g/mol. The summed E-state index contributed by atoms with van der Waals surface area (Å²) in [5.41, 5.74) is 3.35. The number of amides is 1. The molecule has 1 aliphatic heterocycles. The van der Waals surface area contributed by atoms with Crippen molar-refractivity contribution in [2.75, 3.05) is 13.1 Å².